The Bertz CT molecular complexity index is 2770. The van der Waals surface area contributed by atoms with E-state index in [0.29, 0.717) is 0 Å². The Morgan fingerprint density at radius 1 is 0.431 bits per heavy atom. The van der Waals surface area contributed by atoms with E-state index in [1.165, 1.54) is 79.8 Å². The van der Waals surface area contributed by atoms with Gasteiger partial charge in [0.1, 0.15) is 0 Å². The number of benzene rings is 8. The molecule has 1 nitrogen and oxygen atoms in total. The van der Waals surface area contributed by atoms with Gasteiger partial charge < -0.3 is 4.90 Å². The molecule has 3 heteroatoms. The number of anilines is 3. The van der Waals surface area contributed by atoms with Crippen molar-refractivity contribution in [2.75, 3.05) is 17.4 Å². The van der Waals surface area contributed by atoms with E-state index in [-0.39, 0.29) is 0 Å². The third-order valence-electron chi connectivity index (χ3n) is 10.5. The van der Waals surface area contributed by atoms with Crippen molar-refractivity contribution in [2.45, 2.75) is 9.79 Å². The van der Waals surface area contributed by atoms with Crippen molar-refractivity contribution in [3.05, 3.63) is 176 Å². The van der Waals surface area contributed by atoms with E-state index in [1.807, 2.05) is 11.3 Å². The van der Waals surface area contributed by atoms with Crippen molar-refractivity contribution in [2.24, 2.45) is 0 Å². The molecule has 0 aliphatic carbocycles. The second-order valence-corrected chi connectivity index (χ2v) is 18.3. The zero-order valence-electron chi connectivity index (χ0n) is 28.5. The molecule has 0 unspecified atom stereocenters. The maximum Gasteiger partial charge on any atom is 0.0472 e. The summed E-state index contributed by atoms with van der Waals surface area (Å²) in [4.78, 5) is 5.39. The Morgan fingerprint density at radius 3 is 1.96 bits per heavy atom. The van der Waals surface area contributed by atoms with Crippen LogP contribution in [0.1, 0.15) is 0 Å². The van der Waals surface area contributed by atoms with Gasteiger partial charge >= 0.3 is 0 Å². The summed E-state index contributed by atoms with van der Waals surface area (Å²) in [5.74, 6) is 0. The zero-order chi connectivity index (χ0) is 34.1. The van der Waals surface area contributed by atoms with Gasteiger partial charge in [0, 0.05) is 52.6 Å². The first-order valence-corrected chi connectivity index (χ1v) is 20.7. The Balaban J connectivity index is 1.15. The molecule has 0 saturated carbocycles. The Kier molecular flexibility index (Phi) is 6.96. The number of fused-ring (bicyclic) bond motifs is 8. The van der Waals surface area contributed by atoms with Crippen LogP contribution >= 0.6 is 21.4 Å². The van der Waals surface area contributed by atoms with Crippen molar-refractivity contribution in [3.8, 4) is 33.4 Å². The summed E-state index contributed by atoms with van der Waals surface area (Å²) in [5, 5.41) is 5.25. The molecule has 0 atom stereocenters. The molecule has 0 spiro atoms. The van der Waals surface area contributed by atoms with Crippen molar-refractivity contribution in [3.63, 3.8) is 0 Å². The van der Waals surface area contributed by atoms with Gasteiger partial charge in [0.05, 0.1) is 0 Å². The maximum absolute atomic E-state index is 2.49. The van der Waals surface area contributed by atoms with Gasteiger partial charge in [-0.1, -0.05) is 127 Å². The fourth-order valence-electron chi connectivity index (χ4n) is 8.02. The van der Waals surface area contributed by atoms with E-state index in [0.717, 1.165) is 11.4 Å². The molecular weight excluding hydrogens is 655 g/mol. The second-order valence-electron chi connectivity index (χ2n) is 13.7. The number of thiophene rings is 1. The lowest BCUT2D eigenvalue weighted by Gasteiger charge is -2.31. The molecule has 51 heavy (non-hydrogen) atoms. The standard InChI is InChI=1S/C48H35NS2/c1-51(2)45-29-28-42-41-19-8-9-21-44(41)50-48(42)47(45)43-27-26-38(31-46(43)51)49(36-24-22-33(23-25-36)32-12-4-3-5-13-32)37-17-10-16-35(30-37)40-20-11-15-34-14-6-7-18-39(34)40/h3-31H,1-2H3. The van der Waals surface area contributed by atoms with Crippen LogP contribution in [0.25, 0.3) is 64.3 Å². The van der Waals surface area contributed by atoms with Crippen LogP contribution in [0.4, 0.5) is 17.1 Å². The van der Waals surface area contributed by atoms with Crippen LogP contribution in [0, 0.1) is 0 Å². The van der Waals surface area contributed by atoms with Gasteiger partial charge in [0.25, 0.3) is 0 Å². The Labute approximate surface area is 304 Å². The maximum atomic E-state index is 2.49. The van der Waals surface area contributed by atoms with E-state index < -0.39 is 10.0 Å². The summed E-state index contributed by atoms with van der Waals surface area (Å²) in [7, 11) is -1.25. The molecule has 1 aliphatic rings. The van der Waals surface area contributed by atoms with Gasteiger partial charge in [-0.05, 0) is 99.6 Å². The Morgan fingerprint density at radius 2 is 1.10 bits per heavy atom. The van der Waals surface area contributed by atoms with Gasteiger partial charge in [-0.2, -0.15) is 10.0 Å². The largest absolute Gasteiger partial charge is 0.310 e. The Hall–Kier alpha value is -5.61. The predicted molar refractivity (Wildman–Crippen MR) is 224 cm³/mol. The van der Waals surface area contributed by atoms with Crippen LogP contribution in [0.3, 0.4) is 0 Å². The highest BCUT2D eigenvalue weighted by Gasteiger charge is 2.34. The number of nitrogens with zero attached hydrogens (tertiary/aromatic N) is 1. The minimum atomic E-state index is -1.25. The molecule has 9 aromatic rings. The minimum absolute atomic E-state index is 1.14. The van der Waals surface area contributed by atoms with Crippen LogP contribution in [-0.2, 0) is 0 Å². The summed E-state index contributed by atoms with van der Waals surface area (Å²) in [6.45, 7) is 0. The lowest BCUT2D eigenvalue weighted by molar-refractivity contribution is 1.26. The summed E-state index contributed by atoms with van der Waals surface area (Å²) in [6.07, 6.45) is 4.95. The molecule has 2 heterocycles. The molecule has 1 aliphatic heterocycles. The zero-order valence-corrected chi connectivity index (χ0v) is 30.1. The predicted octanol–water partition coefficient (Wildman–Crippen LogP) is 14.5. The third-order valence-corrected chi connectivity index (χ3v) is 14.6. The summed E-state index contributed by atoms with van der Waals surface area (Å²) < 4.78 is 2.77. The normalized spacial score (nSPS) is 13.7. The molecule has 0 amide bonds. The average molecular weight is 690 g/mol. The molecular formula is C48H35NS2. The van der Waals surface area contributed by atoms with E-state index in [4.69, 9.17) is 0 Å². The van der Waals surface area contributed by atoms with E-state index >= 15 is 0 Å². The van der Waals surface area contributed by atoms with Crippen molar-refractivity contribution in [1.82, 2.24) is 0 Å². The molecule has 0 radical (unpaired) electrons. The molecule has 0 saturated heterocycles. The van der Waals surface area contributed by atoms with Gasteiger partial charge in [-0.25, -0.2) is 0 Å². The molecule has 244 valence electrons. The quantitative estimate of drug-likeness (QED) is 0.174. The van der Waals surface area contributed by atoms with Crippen LogP contribution in [0.2, 0.25) is 0 Å². The molecule has 8 aromatic carbocycles. The topological polar surface area (TPSA) is 3.24 Å². The van der Waals surface area contributed by atoms with Gasteiger partial charge in [-0.3, -0.25) is 0 Å². The van der Waals surface area contributed by atoms with Crippen molar-refractivity contribution in [1.29, 1.82) is 0 Å². The first kappa shape index (κ1) is 30.2. The minimum Gasteiger partial charge on any atom is -0.310 e. The fourth-order valence-corrected chi connectivity index (χ4v) is 11.9. The van der Waals surface area contributed by atoms with Gasteiger partial charge in [0.2, 0.25) is 0 Å². The third kappa shape index (κ3) is 4.84. The first-order chi connectivity index (χ1) is 25.0. The highest BCUT2D eigenvalue weighted by atomic mass is 32.3. The first-order valence-electron chi connectivity index (χ1n) is 17.4. The van der Waals surface area contributed by atoms with Crippen LogP contribution in [-0.4, -0.2) is 12.5 Å². The van der Waals surface area contributed by atoms with Crippen molar-refractivity contribution >= 4 is 69.4 Å². The monoisotopic (exact) mass is 689 g/mol. The summed E-state index contributed by atoms with van der Waals surface area (Å²) >= 11 is 1.94. The van der Waals surface area contributed by atoms with E-state index in [1.54, 1.807) is 0 Å². The average Bonchev–Trinajstić information content (AvgIpc) is 3.67. The van der Waals surface area contributed by atoms with E-state index in [9.17, 15) is 0 Å². The molecule has 10 rings (SSSR count). The van der Waals surface area contributed by atoms with Crippen LogP contribution in [0.5, 0.6) is 0 Å². The molecule has 0 N–H and O–H groups in total. The summed E-state index contributed by atoms with van der Waals surface area (Å²) in [6, 6.07) is 64.9. The molecule has 1 aromatic heterocycles. The molecule has 0 bridgehead atoms. The van der Waals surface area contributed by atoms with Crippen molar-refractivity contribution < 1.29 is 0 Å². The highest BCUT2D eigenvalue weighted by Crippen LogP contribution is 2.69. The highest BCUT2D eigenvalue weighted by molar-refractivity contribution is 8.33. The lowest BCUT2D eigenvalue weighted by Crippen LogP contribution is -2.10. The summed E-state index contributed by atoms with van der Waals surface area (Å²) in [5.41, 5.74) is 11.2. The number of hydrogen-bond donors (Lipinski definition) is 0. The van der Waals surface area contributed by atoms with Gasteiger partial charge in [-0.15, -0.1) is 11.3 Å². The fraction of sp³-hybridized carbons (Fsp3) is 0.0417. The smallest absolute Gasteiger partial charge is 0.0472 e. The number of hydrogen-bond acceptors (Lipinski definition) is 2. The van der Waals surface area contributed by atoms with Gasteiger partial charge in [0.15, 0.2) is 0 Å². The van der Waals surface area contributed by atoms with Crippen LogP contribution < -0.4 is 4.90 Å². The second kappa shape index (κ2) is 11.7. The van der Waals surface area contributed by atoms with E-state index in [2.05, 4.69) is 193 Å². The lowest BCUT2D eigenvalue weighted by atomic mass is 9.97. The number of rotatable bonds is 5. The van der Waals surface area contributed by atoms with Crippen LogP contribution in [0.15, 0.2) is 186 Å². The molecule has 0 fully saturated rings. The SMILES string of the molecule is CS1(C)c2cc(N(c3ccc(-c4ccccc4)cc3)c3cccc(-c4cccc5ccccc45)c3)ccc2-c2c1ccc1c2sc2ccccc21.